The average Bonchev–Trinajstić information content (AvgIpc) is 2.30. The first-order valence-corrected chi connectivity index (χ1v) is 5.25. The Morgan fingerprint density at radius 2 is 2.25 bits per heavy atom. The summed E-state index contributed by atoms with van der Waals surface area (Å²) in [5.41, 5.74) is 1.33. The van der Waals surface area contributed by atoms with Crippen LogP contribution in [0.5, 0.6) is 0 Å². The zero-order chi connectivity index (χ0) is 11.8. The maximum atomic E-state index is 8.90. The van der Waals surface area contributed by atoms with E-state index in [9.17, 15) is 0 Å². The van der Waals surface area contributed by atoms with E-state index in [2.05, 4.69) is 24.0 Å². The van der Waals surface area contributed by atoms with Gasteiger partial charge in [-0.2, -0.15) is 10.5 Å². The summed E-state index contributed by atoms with van der Waals surface area (Å²) in [6.45, 7) is 3.91. The van der Waals surface area contributed by atoms with Gasteiger partial charge in [-0.05, 0) is 19.0 Å². The average molecular weight is 214 g/mol. The molecular formula is C12H14N4. The number of hydrogen-bond donors (Lipinski definition) is 0. The standard InChI is InChI=1S/C12H14N4/c1-2-7-16(8-5-13)10-11-4-3-6-15-12(11)9-14/h3-4,6H,2,7-8,10H2,1H3. The highest BCUT2D eigenvalue weighted by atomic mass is 15.1. The summed E-state index contributed by atoms with van der Waals surface area (Å²) < 4.78 is 0. The molecule has 16 heavy (non-hydrogen) atoms. The summed E-state index contributed by atoms with van der Waals surface area (Å²) >= 11 is 0. The van der Waals surface area contributed by atoms with Crippen molar-refractivity contribution >= 4 is 0 Å². The van der Waals surface area contributed by atoms with Crippen LogP contribution < -0.4 is 0 Å². The molecule has 1 aromatic heterocycles. The summed E-state index contributed by atoms with van der Waals surface area (Å²) in [5, 5.41) is 17.6. The molecule has 0 atom stereocenters. The lowest BCUT2D eigenvalue weighted by Crippen LogP contribution is -2.25. The minimum Gasteiger partial charge on any atom is -0.286 e. The molecular weight excluding hydrogens is 200 g/mol. The molecule has 1 rings (SSSR count). The Bertz CT molecular complexity index is 414. The molecule has 0 fully saturated rings. The van der Waals surface area contributed by atoms with Crippen LogP contribution in [0.2, 0.25) is 0 Å². The first-order valence-electron chi connectivity index (χ1n) is 5.25. The van der Waals surface area contributed by atoms with E-state index in [1.54, 1.807) is 6.20 Å². The van der Waals surface area contributed by atoms with Crippen molar-refractivity contribution < 1.29 is 0 Å². The van der Waals surface area contributed by atoms with Gasteiger partial charge in [0, 0.05) is 18.3 Å². The first kappa shape index (κ1) is 12.2. The van der Waals surface area contributed by atoms with Crippen molar-refractivity contribution in [3.05, 3.63) is 29.6 Å². The Morgan fingerprint density at radius 1 is 1.44 bits per heavy atom. The Morgan fingerprint density at radius 3 is 2.88 bits per heavy atom. The zero-order valence-corrected chi connectivity index (χ0v) is 9.35. The van der Waals surface area contributed by atoms with Crippen molar-refractivity contribution in [3.8, 4) is 12.1 Å². The van der Waals surface area contributed by atoms with Crippen LogP contribution in [0.4, 0.5) is 0 Å². The molecule has 0 bridgehead atoms. The highest BCUT2D eigenvalue weighted by molar-refractivity contribution is 5.30. The summed E-state index contributed by atoms with van der Waals surface area (Å²) in [6.07, 6.45) is 2.60. The monoisotopic (exact) mass is 214 g/mol. The molecule has 0 spiro atoms. The smallest absolute Gasteiger partial charge is 0.144 e. The highest BCUT2D eigenvalue weighted by Crippen LogP contribution is 2.08. The molecule has 0 radical (unpaired) electrons. The third-order valence-corrected chi connectivity index (χ3v) is 2.23. The van der Waals surface area contributed by atoms with Gasteiger partial charge in [-0.15, -0.1) is 0 Å². The van der Waals surface area contributed by atoms with Crippen molar-refractivity contribution in [3.63, 3.8) is 0 Å². The summed E-state index contributed by atoms with van der Waals surface area (Å²) in [7, 11) is 0. The third kappa shape index (κ3) is 3.34. The third-order valence-electron chi connectivity index (χ3n) is 2.23. The topological polar surface area (TPSA) is 63.7 Å². The largest absolute Gasteiger partial charge is 0.286 e. The predicted octanol–water partition coefficient (Wildman–Crippen LogP) is 1.69. The fourth-order valence-electron chi connectivity index (χ4n) is 1.54. The van der Waals surface area contributed by atoms with E-state index in [-0.39, 0.29) is 0 Å². The van der Waals surface area contributed by atoms with Gasteiger partial charge in [0.1, 0.15) is 11.8 Å². The summed E-state index contributed by atoms with van der Waals surface area (Å²) in [5.74, 6) is 0. The Hall–Kier alpha value is -1.91. The van der Waals surface area contributed by atoms with Gasteiger partial charge in [0.05, 0.1) is 12.6 Å². The fourth-order valence-corrected chi connectivity index (χ4v) is 1.54. The molecule has 1 heterocycles. The molecule has 0 N–H and O–H groups in total. The lowest BCUT2D eigenvalue weighted by Gasteiger charge is -2.18. The van der Waals surface area contributed by atoms with Crippen LogP contribution in [0, 0.1) is 22.7 Å². The molecule has 0 amide bonds. The van der Waals surface area contributed by atoms with Gasteiger partial charge < -0.3 is 0 Å². The lowest BCUT2D eigenvalue weighted by atomic mass is 10.2. The molecule has 0 saturated carbocycles. The molecule has 0 aliphatic heterocycles. The van der Waals surface area contributed by atoms with E-state index in [4.69, 9.17) is 10.5 Å². The van der Waals surface area contributed by atoms with Gasteiger partial charge in [0.15, 0.2) is 0 Å². The van der Waals surface area contributed by atoms with E-state index < -0.39 is 0 Å². The van der Waals surface area contributed by atoms with Gasteiger partial charge in [-0.3, -0.25) is 4.90 Å². The number of nitriles is 2. The second-order valence-electron chi connectivity index (χ2n) is 3.49. The minimum absolute atomic E-state index is 0.383. The van der Waals surface area contributed by atoms with Crippen molar-refractivity contribution in [1.82, 2.24) is 9.88 Å². The van der Waals surface area contributed by atoms with Crippen LogP contribution in [0.15, 0.2) is 18.3 Å². The van der Waals surface area contributed by atoms with E-state index in [0.717, 1.165) is 18.5 Å². The SMILES string of the molecule is CCCN(CC#N)Cc1cccnc1C#N. The van der Waals surface area contributed by atoms with Gasteiger partial charge in [-0.25, -0.2) is 4.98 Å². The molecule has 82 valence electrons. The Balaban J connectivity index is 2.77. The minimum atomic E-state index is 0.383. The van der Waals surface area contributed by atoms with E-state index in [1.165, 1.54) is 0 Å². The lowest BCUT2D eigenvalue weighted by molar-refractivity contribution is 0.298. The van der Waals surface area contributed by atoms with Crippen LogP contribution in [0.3, 0.4) is 0 Å². The summed E-state index contributed by atoms with van der Waals surface area (Å²) in [4.78, 5) is 6.01. The first-order chi connectivity index (χ1) is 7.81. The molecule has 0 saturated heterocycles. The van der Waals surface area contributed by atoms with E-state index in [0.29, 0.717) is 18.8 Å². The van der Waals surface area contributed by atoms with Crippen LogP contribution in [-0.2, 0) is 6.54 Å². The van der Waals surface area contributed by atoms with Crippen LogP contribution in [-0.4, -0.2) is 23.0 Å². The molecule has 1 aromatic rings. The number of pyridine rings is 1. The Kier molecular flexibility index (Phi) is 4.98. The van der Waals surface area contributed by atoms with Crippen LogP contribution in [0.1, 0.15) is 24.6 Å². The van der Waals surface area contributed by atoms with Gasteiger partial charge in [-0.1, -0.05) is 13.0 Å². The van der Waals surface area contributed by atoms with Crippen LogP contribution >= 0.6 is 0 Å². The van der Waals surface area contributed by atoms with Crippen molar-refractivity contribution in [1.29, 1.82) is 10.5 Å². The number of aromatic nitrogens is 1. The van der Waals surface area contributed by atoms with E-state index >= 15 is 0 Å². The Labute approximate surface area is 95.8 Å². The summed E-state index contributed by atoms with van der Waals surface area (Å²) in [6, 6.07) is 7.89. The molecule has 0 aliphatic carbocycles. The molecule has 4 heteroatoms. The second-order valence-corrected chi connectivity index (χ2v) is 3.49. The normalized spacial score (nSPS) is 9.75. The van der Waals surface area contributed by atoms with Gasteiger partial charge in [0.25, 0.3) is 0 Å². The maximum absolute atomic E-state index is 8.90. The maximum Gasteiger partial charge on any atom is 0.144 e. The van der Waals surface area contributed by atoms with E-state index in [1.807, 2.05) is 17.0 Å². The molecule has 0 unspecified atom stereocenters. The van der Waals surface area contributed by atoms with Gasteiger partial charge in [0.2, 0.25) is 0 Å². The molecule has 0 aromatic carbocycles. The number of hydrogen-bond acceptors (Lipinski definition) is 4. The van der Waals surface area contributed by atoms with Crippen molar-refractivity contribution in [2.45, 2.75) is 19.9 Å². The number of rotatable bonds is 5. The second kappa shape index (κ2) is 6.55. The zero-order valence-electron chi connectivity index (χ0n) is 9.35. The quantitative estimate of drug-likeness (QED) is 0.700. The number of nitrogens with zero attached hydrogens (tertiary/aromatic N) is 4. The predicted molar refractivity (Wildman–Crippen MR) is 60.1 cm³/mol. The fraction of sp³-hybridized carbons (Fsp3) is 0.417. The molecule has 0 aliphatic rings. The highest BCUT2D eigenvalue weighted by Gasteiger charge is 2.08. The van der Waals surface area contributed by atoms with Crippen molar-refractivity contribution in [2.24, 2.45) is 0 Å². The van der Waals surface area contributed by atoms with Crippen molar-refractivity contribution in [2.75, 3.05) is 13.1 Å². The van der Waals surface area contributed by atoms with Gasteiger partial charge >= 0.3 is 0 Å². The molecule has 4 nitrogen and oxygen atoms in total. The van der Waals surface area contributed by atoms with Crippen LogP contribution in [0.25, 0.3) is 0 Å².